The van der Waals surface area contributed by atoms with Crippen molar-refractivity contribution in [1.29, 1.82) is 0 Å². The van der Waals surface area contributed by atoms with Gasteiger partial charge in [0.25, 0.3) is 0 Å². The van der Waals surface area contributed by atoms with E-state index in [2.05, 4.69) is 59.1 Å². The van der Waals surface area contributed by atoms with Crippen LogP contribution in [0.25, 0.3) is 16.9 Å². The smallest absolute Gasteiger partial charge is 0.199 e. The van der Waals surface area contributed by atoms with E-state index in [9.17, 15) is 0 Å². The zero-order valence-electron chi connectivity index (χ0n) is 17.8. The van der Waals surface area contributed by atoms with Gasteiger partial charge in [-0.1, -0.05) is 48.5 Å². The summed E-state index contributed by atoms with van der Waals surface area (Å²) in [6.45, 7) is 3.43. The maximum atomic E-state index is 5.70. The van der Waals surface area contributed by atoms with E-state index in [1.807, 2.05) is 40.6 Å². The maximum absolute atomic E-state index is 5.70. The van der Waals surface area contributed by atoms with Crippen molar-refractivity contribution >= 4 is 12.2 Å². The second-order valence-electron chi connectivity index (χ2n) is 8.24. The molecule has 0 spiro atoms. The molecule has 0 saturated heterocycles. The summed E-state index contributed by atoms with van der Waals surface area (Å²) in [4.78, 5) is 2.23. The Hall–Kier alpha value is -3.03. The molecule has 0 N–H and O–H groups in total. The molecule has 31 heavy (non-hydrogen) atoms. The molecule has 0 amide bonds. The van der Waals surface area contributed by atoms with E-state index < -0.39 is 0 Å². The lowest BCUT2D eigenvalue weighted by Gasteiger charge is -2.16. The molecule has 6 nitrogen and oxygen atoms in total. The largest absolute Gasteiger partial charge is 0.301 e. The van der Waals surface area contributed by atoms with Crippen LogP contribution >= 0.6 is 12.2 Å². The normalized spacial score (nSPS) is 13.8. The van der Waals surface area contributed by atoms with Gasteiger partial charge >= 0.3 is 0 Å². The van der Waals surface area contributed by atoms with Gasteiger partial charge in [-0.15, -0.1) is 0 Å². The van der Waals surface area contributed by atoms with E-state index in [4.69, 9.17) is 22.4 Å². The van der Waals surface area contributed by atoms with E-state index in [1.165, 1.54) is 18.4 Å². The van der Waals surface area contributed by atoms with Gasteiger partial charge in [-0.25, -0.2) is 9.36 Å². The van der Waals surface area contributed by atoms with Gasteiger partial charge in [0.15, 0.2) is 4.77 Å². The molecule has 0 aliphatic heterocycles. The van der Waals surface area contributed by atoms with Gasteiger partial charge in [0.2, 0.25) is 0 Å². The summed E-state index contributed by atoms with van der Waals surface area (Å²) in [5.41, 5.74) is 4.34. The lowest BCUT2D eigenvalue weighted by atomic mass is 10.1. The molecule has 1 fully saturated rings. The Morgan fingerprint density at radius 2 is 1.68 bits per heavy atom. The number of hydrogen-bond donors (Lipinski definition) is 0. The first-order valence-electron chi connectivity index (χ1n) is 10.6. The minimum Gasteiger partial charge on any atom is -0.301 e. The monoisotopic (exact) mass is 430 g/mol. The van der Waals surface area contributed by atoms with Crippen molar-refractivity contribution < 1.29 is 0 Å². The van der Waals surface area contributed by atoms with Crippen LogP contribution in [0.2, 0.25) is 0 Å². The van der Waals surface area contributed by atoms with Gasteiger partial charge < -0.3 is 4.57 Å². The van der Waals surface area contributed by atoms with E-state index in [0.717, 1.165) is 34.1 Å². The Bertz CT molecular complexity index is 1230. The molecule has 1 saturated carbocycles. The standard InChI is InChI=1S/C24H26N6S/c1-18-25-29(24(31)30(18)22-13-14-22)17-27(2)15-20-16-28(21-11-7-4-8-12-21)26-23(20)19-9-5-3-6-10-19/h3-12,16,22H,13-15,17H2,1-2H3. The minimum absolute atomic E-state index is 0.542. The summed E-state index contributed by atoms with van der Waals surface area (Å²) >= 11 is 5.70. The molecule has 0 radical (unpaired) electrons. The van der Waals surface area contributed by atoms with Crippen LogP contribution in [0.1, 0.15) is 30.3 Å². The predicted octanol–water partition coefficient (Wildman–Crippen LogP) is 5.00. The number of nitrogens with zero attached hydrogens (tertiary/aromatic N) is 6. The highest BCUT2D eigenvalue weighted by Gasteiger charge is 2.27. The van der Waals surface area contributed by atoms with Crippen LogP contribution in [0.3, 0.4) is 0 Å². The molecule has 0 bridgehead atoms. The summed E-state index contributed by atoms with van der Waals surface area (Å²) < 4.78 is 6.91. The second-order valence-corrected chi connectivity index (χ2v) is 8.60. The van der Waals surface area contributed by atoms with Crippen molar-refractivity contribution in [2.45, 2.75) is 39.0 Å². The first kappa shape index (κ1) is 19.9. The van der Waals surface area contributed by atoms with Crippen LogP contribution < -0.4 is 0 Å². The molecule has 2 heterocycles. The third kappa shape index (κ3) is 4.11. The van der Waals surface area contributed by atoms with E-state index in [1.54, 1.807) is 0 Å². The van der Waals surface area contributed by atoms with Crippen LogP contribution in [0, 0.1) is 11.7 Å². The van der Waals surface area contributed by atoms with Crippen LogP contribution in [0.4, 0.5) is 0 Å². The fraction of sp³-hybridized carbons (Fsp3) is 0.292. The first-order chi connectivity index (χ1) is 15.1. The SMILES string of the molecule is Cc1nn(CN(C)Cc2cn(-c3ccccc3)nc2-c2ccccc2)c(=S)n1C1CC1. The van der Waals surface area contributed by atoms with Gasteiger partial charge in [0, 0.05) is 29.9 Å². The number of hydrogen-bond acceptors (Lipinski definition) is 4. The quantitative estimate of drug-likeness (QED) is 0.387. The predicted molar refractivity (Wildman–Crippen MR) is 125 cm³/mol. The zero-order chi connectivity index (χ0) is 21.4. The highest BCUT2D eigenvalue weighted by atomic mass is 32.1. The Morgan fingerprint density at radius 1 is 1.00 bits per heavy atom. The number of rotatable bonds is 7. The maximum Gasteiger partial charge on any atom is 0.199 e. The minimum atomic E-state index is 0.542. The Labute approximate surface area is 187 Å². The fourth-order valence-corrected chi connectivity index (χ4v) is 4.40. The van der Waals surface area contributed by atoms with E-state index in [0.29, 0.717) is 12.7 Å². The molecular formula is C24H26N6S. The summed E-state index contributed by atoms with van der Waals surface area (Å²) in [6, 6.07) is 21.1. The summed E-state index contributed by atoms with van der Waals surface area (Å²) in [6.07, 6.45) is 4.53. The van der Waals surface area contributed by atoms with Crippen molar-refractivity contribution in [3.63, 3.8) is 0 Å². The zero-order valence-corrected chi connectivity index (χ0v) is 18.7. The van der Waals surface area contributed by atoms with Crippen LogP contribution in [0.15, 0.2) is 66.9 Å². The van der Waals surface area contributed by atoms with Gasteiger partial charge in [0.1, 0.15) is 5.82 Å². The number of para-hydroxylation sites is 1. The highest BCUT2D eigenvalue weighted by Crippen LogP contribution is 2.36. The molecule has 0 atom stereocenters. The Kier molecular flexibility index (Phi) is 5.29. The molecule has 7 heteroatoms. The molecule has 1 aliphatic rings. The van der Waals surface area contributed by atoms with Gasteiger partial charge in [-0.05, 0) is 51.2 Å². The van der Waals surface area contributed by atoms with Gasteiger partial charge in [0.05, 0.1) is 18.1 Å². The third-order valence-corrected chi connectivity index (χ3v) is 6.03. The Morgan fingerprint density at radius 3 is 2.35 bits per heavy atom. The molecule has 2 aromatic heterocycles. The molecule has 158 valence electrons. The number of aromatic nitrogens is 5. The lowest BCUT2D eigenvalue weighted by molar-refractivity contribution is 0.243. The molecule has 1 aliphatic carbocycles. The van der Waals surface area contributed by atoms with Gasteiger partial charge in [-0.3, -0.25) is 4.90 Å². The average molecular weight is 431 g/mol. The van der Waals surface area contributed by atoms with Crippen molar-refractivity contribution in [3.05, 3.63) is 83.0 Å². The second kappa shape index (κ2) is 8.24. The van der Waals surface area contributed by atoms with Crippen molar-refractivity contribution in [3.8, 4) is 16.9 Å². The van der Waals surface area contributed by atoms with Crippen molar-refractivity contribution in [2.75, 3.05) is 7.05 Å². The average Bonchev–Trinajstić information content (AvgIpc) is 3.46. The van der Waals surface area contributed by atoms with Crippen molar-refractivity contribution in [2.24, 2.45) is 0 Å². The van der Waals surface area contributed by atoms with Crippen LogP contribution in [-0.2, 0) is 13.2 Å². The van der Waals surface area contributed by atoms with E-state index in [-0.39, 0.29) is 0 Å². The number of aryl methyl sites for hydroxylation is 1. The summed E-state index contributed by atoms with van der Waals surface area (Å²) in [5.74, 6) is 1.00. The number of benzene rings is 2. The fourth-order valence-electron chi connectivity index (χ4n) is 4.02. The van der Waals surface area contributed by atoms with Crippen LogP contribution in [0.5, 0.6) is 0 Å². The van der Waals surface area contributed by atoms with Gasteiger partial charge in [-0.2, -0.15) is 10.2 Å². The molecule has 0 unspecified atom stereocenters. The lowest BCUT2D eigenvalue weighted by Crippen LogP contribution is -2.22. The Balaban J connectivity index is 1.43. The topological polar surface area (TPSA) is 43.8 Å². The summed E-state index contributed by atoms with van der Waals surface area (Å²) in [5, 5.41) is 9.62. The molecule has 4 aromatic rings. The molecule has 2 aromatic carbocycles. The van der Waals surface area contributed by atoms with Crippen LogP contribution in [-0.4, -0.2) is 36.1 Å². The van der Waals surface area contributed by atoms with E-state index >= 15 is 0 Å². The van der Waals surface area contributed by atoms with Crippen molar-refractivity contribution in [1.82, 2.24) is 29.0 Å². The third-order valence-electron chi connectivity index (χ3n) is 5.63. The highest BCUT2D eigenvalue weighted by molar-refractivity contribution is 7.71. The summed E-state index contributed by atoms with van der Waals surface area (Å²) in [7, 11) is 2.10. The molecule has 5 rings (SSSR count). The molecular weight excluding hydrogens is 404 g/mol. The first-order valence-corrected chi connectivity index (χ1v) is 11.0.